The van der Waals surface area contributed by atoms with Crippen LogP contribution in [0.5, 0.6) is 0 Å². The molecule has 1 aliphatic heterocycles. The van der Waals surface area contributed by atoms with E-state index in [0.717, 1.165) is 42.8 Å². The standard InChI is InChI=1S/C17H26N6O/c1-11(18)15-6-4-5-9-22(15)16(24)8-7-14-12(2)21-17-19-10-20-23(17)13(14)3/h10-11,15H,4-9,18H2,1-3H3. The highest BCUT2D eigenvalue weighted by Gasteiger charge is 2.29. The quantitative estimate of drug-likeness (QED) is 0.915. The molecule has 3 rings (SSSR count). The van der Waals surface area contributed by atoms with Gasteiger partial charge in [-0.25, -0.2) is 9.50 Å². The molecular formula is C17H26N6O. The van der Waals surface area contributed by atoms with E-state index in [1.807, 2.05) is 25.7 Å². The number of carbonyl (C=O) groups is 1. The SMILES string of the molecule is Cc1nc2ncnn2c(C)c1CCC(=O)N1CCCCC1C(C)N. The van der Waals surface area contributed by atoms with Crippen molar-refractivity contribution in [2.45, 2.75) is 65.0 Å². The zero-order chi connectivity index (χ0) is 17.3. The Morgan fingerprint density at radius 2 is 2.21 bits per heavy atom. The number of hydrogen-bond acceptors (Lipinski definition) is 5. The fourth-order valence-electron chi connectivity index (χ4n) is 3.71. The Labute approximate surface area is 142 Å². The highest BCUT2D eigenvalue weighted by atomic mass is 16.2. The van der Waals surface area contributed by atoms with Crippen LogP contribution in [0.25, 0.3) is 5.78 Å². The topological polar surface area (TPSA) is 89.4 Å². The molecule has 7 heteroatoms. The molecule has 1 aliphatic rings. The molecule has 24 heavy (non-hydrogen) atoms. The molecule has 130 valence electrons. The first-order chi connectivity index (χ1) is 11.5. The van der Waals surface area contributed by atoms with Crippen LogP contribution >= 0.6 is 0 Å². The number of carbonyl (C=O) groups excluding carboxylic acids is 1. The van der Waals surface area contributed by atoms with E-state index in [0.29, 0.717) is 18.6 Å². The molecular weight excluding hydrogens is 304 g/mol. The van der Waals surface area contributed by atoms with Gasteiger partial charge in [-0.2, -0.15) is 10.1 Å². The van der Waals surface area contributed by atoms with Crippen LogP contribution in [0, 0.1) is 13.8 Å². The predicted octanol–water partition coefficient (Wildman–Crippen LogP) is 1.40. The fourth-order valence-corrected chi connectivity index (χ4v) is 3.71. The molecule has 1 fully saturated rings. The van der Waals surface area contributed by atoms with E-state index < -0.39 is 0 Å². The number of fused-ring (bicyclic) bond motifs is 1. The summed E-state index contributed by atoms with van der Waals surface area (Å²) in [5.41, 5.74) is 9.08. The van der Waals surface area contributed by atoms with Crippen molar-refractivity contribution in [1.82, 2.24) is 24.5 Å². The van der Waals surface area contributed by atoms with Crippen molar-refractivity contribution >= 4 is 11.7 Å². The Morgan fingerprint density at radius 1 is 1.42 bits per heavy atom. The van der Waals surface area contributed by atoms with Gasteiger partial charge in [0.1, 0.15) is 6.33 Å². The lowest BCUT2D eigenvalue weighted by atomic mass is 9.96. The van der Waals surface area contributed by atoms with E-state index in [1.54, 1.807) is 4.52 Å². The number of aromatic nitrogens is 4. The lowest BCUT2D eigenvalue weighted by Crippen LogP contribution is -2.51. The van der Waals surface area contributed by atoms with Crippen LogP contribution in [-0.2, 0) is 11.2 Å². The number of nitrogens with two attached hydrogens (primary N) is 1. The summed E-state index contributed by atoms with van der Waals surface area (Å²) in [4.78, 5) is 23.3. The van der Waals surface area contributed by atoms with Crippen molar-refractivity contribution in [1.29, 1.82) is 0 Å². The summed E-state index contributed by atoms with van der Waals surface area (Å²) in [6.45, 7) is 6.78. The van der Waals surface area contributed by atoms with Crippen molar-refractivity contribution in [2.75, 3.05) is 6.54 Å². The van der Waals surface area contributed by atoms with E-state index in [2.05, 4.69) is 15.1 Å². The van der Waals surface area contributed by atoms with Crippen LogP contribution in [-0.4, -0.2) is 49.0 Å². The Balaban J connectivity index is 1.74. The zero-order valence-electron chi connectivity index (χ0n) is 14.7. The minimum absolute atomic E-state index is 0.0193. The van der Waals surface area contributed by atoms with Crippen molar-refractivity contribution in [3.63, 3.8) is 0 Å². The smallest absolute Gasteiger partial charge is 0.252 e. The number of hydrogen-bond donors (Lipinski definition) is 1. The zero-order valence-corrected chi connectivity index (χ0v) is 14.7. The molecule has 0 saturated carbocycles. The Hall–Kier alpha value is -2.02. The van der Waals surface area contributed by atoms with Gasteiger partial charge in [-0.1, -0.05) is 0 Å². The van der Waals surface area contributed by atoms with Crippen LogP contribution in [0.15, 0.2) is 6.33 Å². The largest absolute Gasteiger partial charge is 0.338 e. The monoisotopic (exact) mass is 330 g/mol. The molecule has 0 spiro atoms. The molecule has 1 saturated heterocycles. The van der Waals surface area contributed by atoms with E-state index >= 15 is 0 Å². The molecule has 2 aromatic rings. The summed E-state index contributed by atoms with van der Waals surface area (Å²) >= 11 is 0. The second-order valence-electron chi connectivity index (χ2n) is 6.74. The van der Waals surface area contributed by atoms with Crippen molar-refractivity contribution in [2.24, 2.45) is 5.73 Å². The summed E-state index contributed by atoms with van der Waals surface area (Å²) in [6.07, 6.45) is 5.88. The molecule has 1 amide bonds. The number of aryl methyl sites for hydroxylation is 2. The van der Waals surface area contributed by atoms with Gasteiger partial charge in [-0.05, 0) is 52.0 Å². The van der Waals surface area contributed by atoms with Crippen molar-refractivity contribution in [3.8, 4) is 0 Å². The van der Waals surface area contributed by atoms with E-state index in [9.17, 15) is 4.79 Å². The normalized spacial score (nSPS) is 19.7. The summed E-state index contributed by atoms with van der Waals surface area (Å²) in [7, 11) is 0. The maximum absolute atomic E-state index is 12.7. The van der Waals surface area contributed by atoms with Gasteiger partial charge in [0.25, 0.3) is 5.78 Å². The number of amides is 1. The van der Waals surface area contributed by atoms with Gasteiger partial charge in [0.2, 0.25) is 5.91 Å². The molecule has 0 aliphatic carbocycles. The molecule has 0 radical (unpaired) electrons. The minimum atomic E-state index is 0.0193. The summed E-state index contributed by atoms with van der Waals surface area (Å²) < 4.78 is 1.73. The van der Waals surface area contributed by atoms with E-state index in [-0.39, 0.29) is 18.0 Å². The Morgan fingerprint density at radius 3 is 2.96 bits per heavy atom. The first kappa shape index (κ1) is 16.8. The number of piperidine rings is 1. The fraction of sp³-hybridized carbons (Fsp3) is 0.647. The average molecular weight is 330 g/mol. The second kappa shape index (κ2) is 6.84. The van der Waals surface area contributed by atoms with Gasteiger partial charge in [-0.3, -0.25) is 4.79 Å². The van der Waals surface area contributed by atoms with Gasteiger partial charge in [0.05, 0.1) is 0 Å². The van der Waals surface area contributed by atoms with Crippen molar-refractivity contribution in [3.05, 3.63) is 23.3 Å². The van der Waals surface area contributed by atoms with Crippen LogP contribution < -0.4 is 5.73 Å². The first-order valence-corrected chi connectivity index (χ1v) is 8.70. The molecule has 2 unspecified atom stereocenters. The average Bonchev–Trinajstić information content (AvgIpc) is 3.02. The molecule has 7 nitrogen and oxygen atoms in total. The van der Waals surface area contributed by atoms with Crippen LogP contribution in [0.2, 0.25) is 0 Å². The molecule has 2 aromatic heterocycles. The van der Waals surface area contributed by atoms with E-state index in [1.165, 1.54) is 6.33 Å². The third-order valence-corrected chi connectivity index (χ3v) is 5.05. The lowest BCUT2D eigenvalue weighted by molar-refractivity contribution is -0.135. The number of likely N-dealkylation sites (tertiary alicyclic amines) is 1. The third-order valence-electron chi connectivity index (χ3n) is 5.05. The van der Waals surface area contributed by atoms with Gasteiger partial charge in [-0.15, -0.1) is 0 Å². The van der Waals surface area contributed by atoms with Gasteiger partial charge >= 0.3 is 0 Å². The molecule has 2 atom stereocenters. The first-order valence-electron chi connectivity index (χ1n) is 8.70. The van der Waals surface area contributed by atoms with Crippen LogP contribution in [0.4, 0.5) is 0 Å². The third kappa shape index (κ3) is 3.13. The maximum Gasteiger partial charge on any atom is 0.252 e. The molecule has 0 bridgehead atoms. The van der Waals surface area contributed by atoms with E-state index in [4.69, 9.17) is 5.73 Å². The Kier molecular flexibility index (Phi) is 4.80. The predicted molar refractivity (Wildman–Crippen MR) is 91.6 cm³/mol. The van der Waals surface area contributed by atoms with Gasteiger partial charge in [0.15, 0.2) is 0 Å². The highest BCUT2D eigenvalue weighted by molar-refractivity contribution is 5.77. The van der Waals surface area contributed by atoms with Gasteiger partial charge in [0, 0.05) is 36.4 Å². The minimum Gasteiger partial charge on any atom is -0.338 e. The van der Waals surface area contributed by atoms with Gasteiger partial charge < -0.3 is 10.6 Å². The summed E-state index contributed by atoms with van der Waals surface area (Å²) in [6, 6.07) is 0.190. The molecule has 0 aromatic carbocycles. The highest BCUT2D eigenvalue weighted by Crippen LogP contribution is 2.21. The summed E-state index contributed by atoms with van der Waals surface area (Å²) in [5, 5.41) is 4.20. The summed E-state index contributed by atoms with van der Waals surface area (Å²) in [5.74, 6) is 0.794. The molecule has 2 N–H and O–H groups in total. The molecule has 3 heterocycles. The Bertz CT molecular complexity index is 738. The lowest BCUT2D eigenvalue weighted by Gasteiger charge is -2.38. The second-order valence-corrected chi connectivity index (χ2v) is 6.74. The van der Waals surface area contributed by atoms with Crippen molar-refractivity contribution < 1.29 is 4.79 Å². The van der Waals surface area contributed by atoms with Crippen LogP contribution in [0.1, 0.15) is 49.6 Å². The van der Waals surface area contributed by atoms with Crippen LogP contribution in [0.3, 0.4) is 0 Å². The number of nitrogens with zero attached hydrogens (tertiary/aromatic N) is 5. The number of rotatable bonds is 4. The maximum atomic E-state index is 12.7.